The minimum Gasteiger partial charge on any atom is -0.384 e. The number of carbonyl (C=O) groups excluding carboxylic acids is 1. The third kappa shape index (κ3) is 5.44. The highest BCUT2D eigenvalue weighted by Crippen LogP contribution is 2.18. The van der Waals surface area contributed by atoms with Gasteiger partial charge in [-0.1, -0.05) is 24.0 Å². The molecular weight excluding hydrogens is 259 g/mol. The molecule has 0 radical (unpaired) electrons. The van der Waals surface area contributed by atoms with Crippen LogP contribution in [0, 0.1) is 11.8 Å². The Morgan fingerprint density at radius 3 is 2.63 bits per heavy atom. The van der Waals surface area contributed by atoms with Crippen LogP contribution in [0.2, 0.25) is 0 Å². The summed E-state index contributed by atoms with van der Waals surface area (Å²) >= 11 is 0. The van der Waals surface area contributed by atoms with Crippen LogP contribution in [-0.2, 0) is 0 Å². The number of alkyl halides is 3. The van der Waals surface area contributed by atoms with E-state index in [1.807, 2.05) is 0 Å². The fourth-order valence-electron chi connectivity index (χ4n) is 1.34. The highest BCUT2D eigenvalue weighted by molar-refractivity contribution is 5.96. The van der Waals surface area contributed by atoms with E-state index in [1.165, 1.54) is 6.07 Å². The quantitative estimate of drug-likeness (QED) is 0.822. The Balaban J connectivity index is 2.72. The first-order valence-electron chi connectivity index (χ1n) is 5.48. The Morgan fingerprint density at radius 2 is 2.00 bits per heavy atom. The van der Waals surface area contributed by atoms with E-state index in [0.29, 0.717) is 5.56 Å². The minimum absolute atomic E-state index is 0.186. The zero-order valence-corrected chi connectivity index (χ0v) is 9.92. The van der Waals surface area contributed by atoms with Gasteiger partial charge in [-0.2, -0.15) is 13.2 Å². The van der Waals surface area contributed by atoms with E-state index < -0.39 is 25.0 Å². The molecule has 0 aliphatic heterocycles. The number of hydrogen-bond acceptors (Lipinski definition) is 2. The van der Waals surface area contributed by atoms with Gasteiger partial charge in [-0.25, -0.2) is 0 Å². The van der Waals surface area contributed by atoms with Gasteiger partial charge in [0.1, 0.15) is 6.61 Å². The van der Waals surface area contributed by atoms with Crippen molar-refractivity contribution in [3.05, 3.63) is 35.4 Å². The second kappa shape index (κ2) is 6.81. The lowest BCUT2D eigenvalue weighted by Gasteiger charge is -2.08. The molecular formula is C13H12F3NO2. The van der Waals surface area contributed by atoms with Crippen molar-refractivity contribution in [3.63, 3.8) is 0 Å². The van der Waals surface area contributed by atoms with Crippen LogP contribution in [0.5, 0.6) is 0 Å². The molecule has 0 unspecified atom stereocenters. The van der Waals surface area contributed by atoms with Crippen LogP contribution in [0.25, 0.3) is 0 Å². The molecule has 19 heavy (non-hydrogen) atoms. The van der Waals surface area contributed by atoms with Gasteiger partial charge in [-0.05, 0) is 12.1 Å². The molecule has 0 spiro atoms. The van der Waals surface area contributed by atoms with E-state index in [1.54, 1.807) is 18.2 Å². The molecule has 1 amide bonds. The van der Waals surface area contributed by atoms with Gasteiger partial charge < -0.3 is 10.4 Å². The number of hydrogen-bond donors (Lipinski definition) is 2. The van der Waals surface area contributed by atoms with E-state index in [0.717, 1.165) is 0 Å². The molecule has 0 aliphatic rings. The smallest absolute Gasteiger partial charge is 0.384 e. The van der Waals surface area contributed by atoms with Crippen molar-refractivity contribution in [3.8, 4) is 11.8 Å². The average molecular weight is 271 g/mol. The zero-order chi connectivity index (χ0) is 14.3. The van der Waals surface area contributed by atoms with Crippen molar-refractivity contribution in [2.24, 2.45) is 0 Å². The van der Waals surface area contributed by atoms with Crippen LogP contribution in [-0.4, -0.2) is 30.3 Å². The summed E-state index contributed by atoms with van der Waals surface area (Å²) < 4.78 is 35.9. The van der Waals surface area contributed by atoms with Gasteiger partial charge in [-0.3, -0.25) is 4.79 Å². The lowest BCUT2D eigenvalue weighted by molar-refractivity contribution is -0.132. The van der Waals surface area contributed by atoms with Crippen LogP contribution < -0.4 is 5.32 Å². The van der Waals surface area contributed by atoms with E-state index >= 15 is 0 Å². The maximum Gasteiger partial charge on any atom is 0.390 e. The molecule has 2 N–H and O–H groups in total. The van der Waals surface area contributed by atoms with Crippen molar-refractivity contribution in [1.82, 2.24) is 5.32 Å². The summed E-state index contributed by atoms with van der Waals surface area (Å²) in [7, 11) is 0. The molecule has 0 heterocycles. The average Bonchev–Trinajstić information content (AvgIpc) is 2.35. The van der Waals surface area contributed by atoms with Gasteiger partial charge in [0, 0.05) is 12.1 Å². The van der Waals surface area contributed by atoms with E-state index in [9.17, 15) is 18.0 Å². The monoisotopic (exact) mass is 271 g/mol. The van der Waals surface area contributed by atoms with Gasteiger partial charge in [0.05, 0.1) is 12.0 Å². The van der Waals surface area contributed by atoms with E-state index in [2.05, 4.69) is 17.2 Å². The Labute approximate surface area is 108 Å². The highest BCUT2D eigenvalue weighted by atomic mass is 19.4. The van der Waals surface area contributed by atoms with Gasteiger partial charge in [0.2, 0.25) is 0 Å². The maximum atomic E-state index is 12.0. The second-order valence-electron chi connectivity index (χ2n) is 3.63. The zero-order valence-electron chi connectivity index (χ0n) is 9.92. The summed E-state index contributed by atoms with van der Waals surface area (Å²) in [5, 5.41) is 10.8. The SMILES string of the molecule is O=C(NCCC(F)(F)F)c1ccccc1C#CCO. The summed E-state index contributed by atoms with van der Waals surface area (Å²) in [5.74, 6) is 4.33. The summed E-state index contributed by atoms with van der Waals surface area (Å²) in [6.45, 7) is -0.839. The predicted octanol–water partition coefficient (Wildman–Crippen LogP) is 1.71. The van der Waals surface area contributed by atoms with Crippen molar-refractivity contribution in [2.75, 3.05) is 13.2 Å². The number of aliphatic hydroxyl groups is 1. The summed E-state index contributed by atoms with van der Waals surface area (Å²) in [5.41, 5.74) is 0.548. The minimum atomic E-state index is -4.30. The first-order chi connectivity index (χ1) is 8.94. The molecule has 1 aromatic rings. The molecule has 102 valence electrons. The molecule has 1 aromatic carbocycles. The standard InChI is InChI=1S/C13H12F3NO2/c14-13(15,16)7-8-17-12(19)11-6-2-1-4-10(11)5-3-9-18/h1-2,4,6,18H,7-9H2,(H,17,19). The molecule has 0 fully saturated rings. The maximum absolute atomic E-state index is 12.0. The fourth-order valence-corrected chi connectivity index (χ4v) is 1.34. The highest BCUT2D eigenvalue weighted by Gasteiger charge is 2.26. The number of aliphatic hydroxyl groups excluding tert-OH is 1. The normalized spacial score (nSPS) is 10.5. The summed E-state index contributed by atoms with van der Waals surface area (Å²) in [4.78, 5) is 11.7. The van der Waals surface area contributed by atoms with Crippen molar-refractivity contribution in [2.45, 2.75) is 12.6 Å². The third-order valence-corrected chi connectivity index (χ3v) is 2.17. The van der Waals surface area contributed by atoms with Gasteiger partial charge in [-0.15, -0.1) is 0 Å². The third-order valence-electron chi connectivity index (χ3n) is 2.17. The predicted molar refractivity (Wildman–Crippen MR) is 63.4 cm³/mol. The topological polar surface area (TPSA) is 49.3 Å². The molecule has 0 bridgehead atoms. The summed E-state index contributed by atoms with van der Waals surface area (Å²) in [6.07, 6.45) is -5.38. The molecule has 0 saturated heterocycles. The van der Waals surface area contributed by atoms with Gasteiger partial charge in [0.15, 0.2) is 0 Å². The molecule has 0 aromatic heterocycles. The number of rotatable bonds is 3. The van der Waals surface area contributed by atoms with E-state index in [4.69, 9.17) is 5.11 Å². The number of carbonyl (C=O) groups is 1. The summed E-state index contributed by atoms with van der Waals surface area (Å²) in [6, 6.07) is 6.25. The Hall–Kier alpha value is -2.00. The lowest BCUT2D eigenvalue weighted by Crippen LogP contribution is -2.28. The first-order valence-corrected chi connectivity index (χ1v) is 5.48. The molecule has 0 atom stereocenters. The number of benzene rings is 1. The van der Waals surface area contributed by atoms with Gasteiger partial charge in [0.25, 0.3) is 5.91 Å². The Kier molecular flexibility index (Phi) is 5.39. The Bertz CT molecular complexity index is 501. The number of nitrogens with one attached hydrogen (secondary N) is 1. The van der Waals surface area contributed by atoms with Crippen LogP contribution >= 0.6 is 0 Å². The lowest BCUT2D eigenvalue weighted by atomic mass is 10.1. The van der Waals surface area contributed by atoms with Crippen molar-refractivity contribution < 1.29 is 23.1 Å². The Morgan fingerprint density at radius 1 is 1.32 bits per heavy atom. The molecule has 6 heteroatoms. The van der Waals surface area contributed by atoms with Crippen LogP contribution in [0.4, 0.5) is 13.2 Å². The largest absolute Gasteiger partial charge is 0.390 e. The van der Waals surface area contributed by atoms with Crippen LogP contribution in [0.15, 0.2) is 24.3 Å². The second-order valence-corrected chi connectivity index (χ2v) is 3.63. The number of halogens is 3. The van der Waals surface area contributed by atoms with Crippen LogP contribution in [0.3, 0.4) is 0 Å². The molecule has 0 saturated carbocycles. The molecule has 3 nitrogen and oxygen atoms in total. The fraction of sp³-hybridized carbons (Fsp3) is 0.308. The van der Waals surface area contributed by atoms with Gasteiger partial charge >= 0.3 is 6.18 Å². The van der Waals surface area contributed by atoms with E-state index in [-0.39, 0.29) is 12.2 Å². The van der Waals surface area contributed by atoms with Crippen LogP contribution in [0.1, 0.15) is 22.3 Å². The van der Waals surface area contributed by atoms with Crippen molar-refractivity contribution >= 4 is 5.91 Å². The van der Waals surface area contributed by atoms with Crippen molar-refractivity contribution in [1.29, 1.82) is 0 Å². The number of amides is 1. The molecule has 0 aliphatic carbocycles. The first kappa shape index (κ1) is 15.1. The molecule has 1 rings (SSSR count).